The number of nitrogens with one attached hydrogen (secondary N) is 1. The van der Waals surface area contributed by atoms with Crippen molar-refractivity contribution in [2.75, 3.05) is 24.5 Å². The summed E-state index contributed by atoms with van der Waals surface area (Å²) in [5.41, 5.74) is 4.16. The van der Waals surface area contributed by atoms with Crippen LogP contribution in [0.1, 0.15) is 54.9 Å². The summed E-state index contributed by atoms with van der Waals surface area (Å²) in [4.78, 5) is 54.0. The van der Waals surface area contributed by atoms with Gasteiger partial charge in [0, 0.05) is 36.3 Å². The van der Waals surface area contributed by atoms with Crippen LogP contribution in [0.2, 0.25) is 0 Å². The van der Waals surface area contributed by atoms with Crippen LogP contribution in [0.3, 0.4) is 0 Å². The fourth-order valence-electron chi connectivity index (χ4n) is 5.20. The Labute approximate surface area is 191 Å². The Morgan fingerprint density at radius 2 is 1.88 bits per heavy atom. The predicted molar refractivity (Wildman–Crippen MR) is 124 cm³/mol. The van der Waals surface area contributed by atoms with Crippen LogP contribution in [0.5, 0.6) is 0 Å². The lowest BCUT2D eigenvalue weighted by Crippen LogP contribution is -2.54. The van der Waals surface area contributed by atoms with Gasteiger partial charge in [0.15, 0.2) is 0 Å². The number of carbonyl (C=O) groups excluding carboxylic acids is 3. The van der Waals surface area contributed by atoms with Gasteiger partial charge in [0.1, 0.15) is 11.2 Å². The van der Waals surface area contributed by atoms with Gasteiger partial charge >= 0.3 is 11.7 Å². The molecule has 0 radical (unpaired) electrons. The monoisotopic (exact) mass is 449 g/mol. The summed E-state index contributed by atoms with van der Waals surface area (Å²) < 4.78 is 5.82. The molecule has 8 nitrogen and oxygen atoms in total. The van der Waals surface area contributed by atoms with E-state index in [4.69, 9.17) is 4.42 Å². The molecule has 1 fully saturated rings. The van der Waals surface area contributed by atoms with E-state index in [1.165, 1.54) is 17.3 Å². The second-order valence-corrected chi connectivity index (χ2v) is 8.99. The molecular formula is C25H27N3O5. The van der Waals surface area contributed by atoms with E-state index in [0.717, 1.165) is 61.0 Å². The number of unbranched alkanes of at least 4 members (excludes halogenated alkanes) is 1. The summed E-state index contributed by atoms with van der Waals surface area (Å²) in [6.07, 6.45) is 6.62. The highest BCUT2D eigenvalue weighted by Crippen LogP contribution is 2.40. The Bertz CT molecular complexity index is 1290. The molecule has 3 aliphatic rings. The van der Waals surface area contributed by atoms with E-state index in [1.807, 2.05) is 13.8 Å². The number of fused-ring (bicyclic) bond motifs is 2. The average molecular weight is 450 g/mol. The van der Waals surface area contributed by atoms with E-state index in [2.05, 4.69) is 16.3 Å². The normalized spacial score (nSPS) is 19.3. The van der Waals surface area contributed by atoms with Gasteiger partial charge in [0.2, 0.25) is 0 Å². The summed E-state index contributed by atoms with van der Waals surface area (Å²) in [7, 11) is 0. The largest absolute Gasteiger partial charge is 0.422 e. The maximum absolute atomic E-state index is 13.0. The first kappa shape index (κ1) is 21.4. The lowest BCUT2D eigenvalue weighted by Gasteiger charge is -2.37. The summed E-state index contributed by atoms with van der Waals surface area (Å²) in [6, 6.07) is 1.36. The fraction of sp³-hybridized carbons (Fsp3) is 0.440. The molecule has 1 N–H and O–H groups in total. The van der Waals surface area contributed by atoms with Crippen LogP contribution in [-0.4, -0.2) is 42.4 Å². The van der Waals surface area contributed by atoms with E-state index < -0.39 is 23.5 Å². The zero-order valence-corrected chi connectivity index (χ0v) is 19.0. The molecule has 1 aromatic carbocycles. The van der Waals surface area contributed by atoms with Gasteiger partial charge in [0.25, 0.3) is 11.8 Å². The van der Waals surface area contributed by atoms with E-state index in [-0.39, 0.29) is 17.7 Å². The van der Waals surface area contributed by atoms with Crippen molar-refractivity contribution in [2.24, 2.45) is 0 Å². The molecule has 4 amide bonds. The third-order valence-corrected chi connectivity index (χ3v) is 6.90. The maximum Gasteiger partial charge on any atom is 0.343 e. The van der Waals surface area contributed by atoms with Gasteiger partial charge in [-0.1, -0.05) is 13.3 Å². The average Bonchev–Trinajstić information content (AvgIpc) is 2.79. The minimum atomic E-state index is -0.798. The molecule has 3 aliphatic heterocycles. The van der Waals surface area contributed by atoms with Crippen LogP contribution >= 0.6 is 0 Å². The number of hydrogen-bond acceptors (Lipinski definition) is 6. The molecule has 1 aromatic heterocycles. The van der Waals surface area contributed by atoms with Crippen molar-refractivity contribution < 1.29 is 18.8 Å². The summed E-state index contributed by atoms with van der Waals surface area (Å²) >= 11 is 0. The number of hydrogen-bond donors (Lipinski definition) is 1. The second kappa shape index (κ2) is 8.17. The molecule has 0 aliphatic carbocycles. The molecule has 0 bridgehead atoms. The number of imide groups is 2. The minimum absolute atomic E-state index is 0.168. The molecule has 0 atom stereocenters. The minimum Gasteiger partial charge on any atom is -0.422 e. The van der Waals surface area contributed by atoms with Crippen molar-refractivity contribution >= 4 is 40.6 Å². The van der Waals surface area contributed by atoms with E-state index in [9.17, 15) is 19.2 Å². The van der Waals surface area contributed by atoms with Crippen molar-refractivity contribution in [3.8, 4) is 0 Å². The molecule has 172 valence electrons. The van der Waals surface area contributed by atoms with Crippen LogP contribution in [0.4, 0.5) is 10.5 Å². The van der Waals surface area contributed by atoms with Crippen LogP contribution in [0, 0.1) is 6.92 Å². The van der Waals surface area contributed by atoms with Gasteiger partial charge in [-0.15, -0.1) is 0 Å². The standard InChI is InChI=1S/C25H27N3O5/c1-3-4-11-28-23(30)19(22(29)26-25(28)32)13-18-14(2)17-12-15-7-5-9-27-10-6-8-16(20(15)27)21(17)33-24(18)31/h12-13H,3-11H2,1-2H3,(H,26,29,32)/b19-13-. The molecular weight excluding hydrogens is 422 g/mol. The third-order valence-electron chi connectivity index (χ3n) is 6.90. The predicted octanol–water partition coefficient (Wildman–Crippen LogP) is 3.06. The first-order valence-electron chi connectivity index (χ1n) is 11.7. The number of barbiturate groups is 1. The molecule has 8 heteroatoms. The fourth-order valence-corrected chi connectivity index (χ4v) is 5.20. The van der Waals surface area contributed by atoms with Gasteiger partial charge in [-0.25, -0.2) is 9.59 Å². The molecule has 0 saturated carbocycles. The second-order valence-electron chi connectivity index (χ2n) is 8.99. The van der Waals surface area contributed by atoms with Gasteiger partial charge in [0.05, 0.1) is 5.56 Å². The first-order valence-corrected chi connectivity index (χ1v) is 11.7. The molecule has 0 unspecified atom stereocenters. The topological polar surface area (TPSA) is 99.9 Å². The number of amides is 4. The number of benzene rings is 1. The maximum atomic E-state index is 13.0. The number of urea groups is 1. The smallest absolute Gasteiger partial charge is 0.343 e. The van der Waals surface area contributed by atoms with Gasteiger partial charge in [-0.3, -0.25) is 19.8 Å². The van der Waals surface area contributed by atoms with Crippen LogP contribution in [0.25, 0.3) is 17.0 Å². The highest BCUT2D eigenvalue weighted by molar-refractivity contribution is 6.31. The van der Waals surface area contributed by atoms with Gasteiger partial charge in [-0.05, 0) is 62.3 Å². The molecule has 2 aromatic rings. The zero-order valence-electron chi connectivity index (χ0n) is 19.0. The Kier molecular flexibility index (Phi) is 5.31. The Balaban J connectivity index is 1.65. The molecule has 33 heavy (non-hydrogen) atoms. The van der Waals surface area contributed by atoms with Crippen molar-refractivity contribution in [3.05, 3.63) is 44.3 Å². The van der Waals surface area contributed by atoms with Crippen molar-refractivity contribution in [1.29, 1.82) is 0 Å². The quantitative estimate of drug-likeness (QED) is 0.438. The van der Waals surface area contributed by atoms with Crippen molar-refractivity contribution in [1.82, 2.24) is 10.2 Å². The highest BCUT2D eigenvalue weighted by atomic mass is 16.4. The van der Waals surface area contributed by atoms with Crippen LogP contribution in [0.15, 0.2) is 20.9 Å². The van der Waals surface area contributed by atoms with E-state index >= 15 is 0 Å². The zero-order chi connectivity index (χ0) is 23.3. The summed E-state index contributed by atoms with van der Waals surface area (Å²) in [6.45, 7) is 6.01. The van der Waals surface area contributed by atoms with Crippen molar-refractivity contribution in [3.63, 3.8) is 0 Å². The number of carbonyl (C=O) groups is 3. The molecule has 1 saturated heterocycles. The van der Waals surface area contributed by atoms with Gasteiger partial charge < -0.3 is 9.32 Å². The summed E-state index contributed by atoms with van der Waals surface area (Å²) in [5, 5.41) is 3.04. The molecule has 0 spiro atoms. The molecule has 5 rings (SSSR count). The van der Waals surface area contributed by atoms with Crippen molar-refractivity contribution in [2.45, 2.75) is 52.4 Å². The number of anilines is 1. The Hall–Kier alpha value is -3.42. The van der Waals surface area contributed by atoms with Crippen LogP contribution < -0.4 is 15.8 Å². The number of nitrogens with zero attached hydrogens (tertiary/aromatic N) is 2. The number of rotatable bonds is 4. The van der Waals surface area contributed by atoms with Crippen LogP contribution in [-0.2, 0) is 22.4 Å². The van der Waals surface area contributed by atoms with Gasteiger partial charge in [-0.2, -0.15) is 0 Å². The molecule has 4 heterocycles. The van der Waals surface area contributed by atoms with E-state index in [0.29, 0.717) is 17.6 Å². The lowest BCUT2D eigenvalue weighted by atomic mass is 9.88. The van der Waals surface area contributed by atoms with E-state index in [1.54, 1.807) is 0 Å². The first-order chi connectivity index (χ1) is 15.9. The summed E-state index contributed by atoms with van der Waals surface area (Å²) in [5.74, 6) is -1.49. The third kappa shape index (κ3) is 3.44. The SMILES string of the molecule is CCCCN1C(=O)NC(=O)/C(=C/c2c(C)c3cc4c5c(c3oc2=O)CCCN5CCC4)C1=O. The Morgan fingerprint density at radius 1 is 1.12 bits per heavy atom. The Morgan fingerprint density at radius 3 is 2.64 bits per heavy atom. The lowest BCUT2D eigenvalue weighted by molar-refractivity contribution is -0.130. The number of aryl methyl sites for hydroxylation is 3. The highest BCUT2D eigenvalue weighted by Gasteiger charge is 2.36.